The van der Waals surface area contributed by atoms with E-state index in [0.717, 1.165) is 12.8 Å². The van der Waals surface area contributed by atoms with Crippen molar-refractivity contribution in [3.8, 4) is 11.5 Å². The monoisotopic (exact) mass is 420 g/mol. The van der Waals surface area contributed by atoms with E-state index in [1.54, 1.807) is 25.3 Å². The first-order valence-electron chi connectivity index (χ1n) is 10.6. The third-order valence-electron chi connectivity index (χ3n) is 4.85. The van der Waals surface area contributed by atoms with E-state index in [1.807, 2.05) is 39.8 Å². The zero-order chi connectivity index (χ0) is 22.3. The summed E-state index contributed by atoms with van der Waals surface area (Å²) in [6.07, 6.45) is 4.63. The number of ether oxygens (including phenoxy) is 3. The lowest BCUT2D eigenvalue weighted by Gasteiger charge is -2.26. The zero-order valence-corrected chi connectivity index (χ0v) is 19.2. The van der Waals surface area contributed by atoms with Crippen LogP contribution in [0.15, 0.2) is 18.2 Å². The van der Waals surface area contributed by atoms with E-state index in [2.05, 4.69) is 0 Å². The van der Waals surface area contributed by atoms with E-state index in [-0.39, 0.29) is 18.6 Å². The molecule has 1 aliphatic rings. The largest absolute Gasteiger partial charge is 0.493 e. The zero-order valence-electron chi connectivity index (χ0n) is 19.2. The van der Waals surface area contributed by atoms with Crippen LogP contribution in [0.25, 0.3) is 0 Å². The van der Waals surface area contributed by atoms with Crippen molar-refractivity contribution in [2.24, 2.45) is 0 Å². The lowest BCUT2D eigenvalue weighted by atomic mass is 10.1. The molecule has 0 atom stereocenters. The molecule has 0 unspecified atom stereocenters. The molecule has 168 valence electrons. The number of nitrogens with zero attached hydrogens (tertiary/aromatic N) is 2. The fourth-order valence-corrected chi connectivity index (χ4v) is 3.37. The van der Waals surface area contributed by atoms with Gasteiger partial charge in [-0.05, 0) is 78.7 Å². The Morgan fingerprint density at radius 3 is 2.30 bits per heavy atom. The van der Waals surface area contributed by atoms with Gasteiger partial charge in [0.05, 0.1) is 13.2 Å². The predicted octanol–water partition coefficient (Wildman–Crippen LogP) is 3.36. The number of carbonyl (C=O) groups excluding carboxylic acids is 2. The Morgan fingerprint density at radius 2 is 1.73 bits per heavy atom. The van der Waals surface area contributed by atoms with Crippen LogP contribution in [0, 0.1) is 0 Å². The second-order valence-corrected chi connectivity index (χ2v) is 9.01. The Morgan fingerprint density at radius 1 is 1.07 bits per heavy atom. The molecular formula is C23H36N2O5. The highest BCUT2D eigenvalue weighted by atomic mass is 16.6. The number of carbonyl (C=O) groups is 2. The van der Waals surface area contributed by atoms with Gasteiger partial charge in [0, 0.05) is 18.7 Å². The molecule has 1 aromatic carbocycles. The standard InChI is InChI=1S/C23H36N2O5/c1-23(2,3)30-21(26)16-25(14-13-24(4)5)22(27)17-11-12-19(20(15-17)28-6)29-18-9-7-8-10-18/h11-12,15,18H,7-10,13-14,16H2,1-6H3. The second-order valence-electron chi connectivity index (χ2n) is 9.01. The third-order valence-corrected chi connectivity index (χ3v) is 4.85. The van der Waals surface area contributed by atoms with Gasteiger partial charge in [-0.25, -0.2) is 0 Å². The number of esters is 1. The van der Waals surface area contributed by atoms with Gasteiger partial charge in [-0.2, -0.15) is 0 Å². The maximum absolute atomic E-state index is 13.2. The van der Waals surface area contributed by atoms with Gasteiger partial charge in [-0.15, -0.1) is 0 Å². The van der Waals surface area contributed by atoms with Crippen molar-refractivity contribution in [2.45, 2.75) is 58.2 Å². The summed E-state index contributed by atoms with van der Waals surface area (Å²) >= 11 is 0. The number of methoxy groups -OCH3 is 1. The van der Waals surface area contributed by atoms with E-state index in [0.29, 0.717) is 30.2 Å². The Kier molecular flexibility index (Phi) is 8.53. The Labute approximate surface area is 180 Å². The number of benzene rings is 1. The third kappa shape index (κ3) is 7.52. The Bertz CT molecular complexity index is 721. The first-order chi connectivity index (χ1) is 14.1. The molecule has 1 aliphatic carbocycles. The number of hydrogen-bond donors (Lipinski definition) is 0. The van der Waals surface area contributed by atoms with Crippen LogP contribution in [-0.2, 0) is 9.53 Å². The van der Waals surface area contributed by atoms with Crippen LogP contribution in [0.4, 0.5) is 0 Å². The highest BCUT2D eigenvalue weighted by Gasteiger charge is 2.25. The van der Waals surface area contributed by atoms with Crippen LogP contribution < -0.4 is 9.47 Å². The summed E-state index contributed by atoms with van der Waals surface area (Å²) in [5.74, 6) is 0.502. The topological polar surface area (TPSA) is 68.3 Å². The van der Waals surface area contributed by atoms with Crippen LogP contribution in [0.5, 0.6) is 11.5 Å². The Balaban J connectivity index is 2.16. The van der Waals surface area contributed by atoms with Crippen molar-refractivity contribution in [3.63, 3.8) is 0 Å². The SMILES string of the molecule is COc1cc(C(=O)N(CCN(C)C)CC(=O)OC(C)(C)C)ccc1OC1CCCC1. The number of amides is 1. The van der Waals surface area contributed by atoms with Crippen LogP contribution in [0.3, 0.4) is 0 Å². The van der Waals surface area contributed by atoms with Gasteiger partial charge in [-0.1, -0.05) is 0 Å². The van der Waals surface area contributed by atoms with Gasteiger partial charge in [0.25, 0.3) is 5.91 Å². The molecule has 0 spiro atoms. The maximum atomic E-state index is 13.2. The molecule has 0 N–H and O–H groups in total. The summed E-state index contributed by atoms with van der Waals surface area (Å²) in [7, 11) is 5.41. The van der Waals surface area contributed by atoms with Gasteiger partial charge in [0.15, 0.2) is 11.5 Å². The summed E-state index contributed by atoms with van der Waals surface area (Å²) in [5.41, 5.74) is -0.150. The lowest BCUT2D eigenvalue weighted by Crippen LogP contribution is -2.42. The molecule has 7 nitrogen and oxygen atoms in total. The fraction of sp³-hybridized carbons (Fsp3) is 0.652. The van der Waals surface area contributed by atoms with E-state index >= 15 is 0 Å². The summed E-state index contributed by atoms with van der Waals surface area (Å²) in [5, 5.41) is 0. The molecule has 1 fully saturated rings. The van der Waals surface area contributed by atoms with Gasteiger partial charge in [0.1, 0.15) is 12.1 Å². The molecule has 0 bridgehead atoms. The Hall–Kier alpha value is -2.28. The van der Waals surface area contributed by atoms with Crippen molar-refractivity contribution in [2.75, 3.05) is 40.8 Å². The van der Waals surface area contributed by atoms with Crippen molar-refractivity contribution in [1.82, 2.24) is 9.80 Å². The van der Waals surface area contributed by atoms with Gasteiger partial charge < -0.3 is 24.0 Å². The molecule has 0 heterocycles. The molecule has 0 aromatic heterocycles. The molecule has 2 rings (SSSR count). The maximum Gasteiger partial charge on any atom is 0.326 e. The average molecular weight is 421 g/mol. The highest BCUT2D eigenvalue weighted by molar-refractivity contribution is 5.96. The van der Waals surface area contributed by atoms with Crippen molar-refractivity contribution < 1.29 is 23.8 Å². The number of likely N-dealkylation sites (N-methyl/N-ethyl adjacent to an activating group) is 1. The highest BCUT2D eigenvalue weighted by Crippen LogP contribution is 2.32. The molecule has 0 aliphatic heterocycles. The molecule has 1 aromatic rings. The molecule has 7 heteroatoms. The lowest BCUT2D eigenvalue weighted by molar-refractivity contribution is -0.155. The predicted molar refractivity (Wildman–Crippen MR) is 116 cm³/mol. The van der Waals surface area contributed by atoms with Crippen molar-refractivity contribution in [3.05, 3.63) is 23.8 Å². The smallest absolute Gasteiger partial charge is 0.326 e. The second kappa shape index (κ2) is 10.7. The molecule has 1 saturated carbocycles. The van der Waals surface area contributed by atoms with Gasteiger partial charge in [-0.3, -0.25) is 9.59 Å². The summed E-state index contributed by atoms with van der Waals surface area (Å²) in [4.78, 5) is 29.0. The minimum Gasteiger partial charge on any atom is -0.493 e. The summed E-state index contributed by atoms with van der Waals surface area (Å²) in [6.45, 7) is 6.37. The van der Waals surface area contributed by atoms with Crippen LogP contribution in [0.1, 0.15) is 56.8 Å². The van der Waals surface area contributed by atoms with E-state index in [1.165, 1.54) is 17.7 Å². The van der Waals surface area contributed by atoms with Gasteiger partial charge in [0.2, 0.25) is 0 Å². The van der Waals surface area contributed by atoms with Crippen molar-refractivity contribution >= 4 is 11.9 Å². The quantitative estimate of drug-likeness (QED) is 0.571. The fourth-order valence-electron chi connectivity index (χ4n) is 3.37. The first kappa shape index (κ1) is 24.0. The van der Waals surface area contributed by atoms with E-state index in [9.17, 15) is 9.59 Å². The molecule has 30 heavy (non-hydrogen) atoms. The minimum atomic E-state index is -0.601. The molecule has 0 radical (unpaired) electrons. The van der Waals surface area contributed by atoms with Crippen LogP contribution in [0.2, 0.25) is 0 Å². The number of rotatable bonds is 9. The van der Waals surface area contributed by atoms with Crippen LogP contribution in [-0.4, -0.2) is 74.2 Å². The minimum absolute atomic E-state index is 0.105. The average Bonchev–Trinajstić information content (AvgIpc) is 3.16. The molecular weight excluding hydrogens is 384 g/mol. The normalized spacial score (nSPS) is 14.6. The van der Waals surface area contributed by atoms with E-state index < -0.39 is 11.6 Å². The van der Waals surface area contributed by atoms with Gasteiger partial charge >= 0.3 is 5.97 Å². The molecule has 1 amide bonds. The van der Waals surface area contributed by atoms with E-state index in [4.69, 9.17) is 14.2 Å². The summed E-state index contributed by atoms with van der Waals surface area (Å²) < 4.78 is 16.9. The van der Waals surface area contributed by atoms with Crippen molar-refractivity contribution in [1.29, 1.82) is 0 Å². The van der Waals surface area contributed by atoms with Crippen LogP contribution >= 0.6 is 0 Å². The first-order valence-corrected chi connectivity index (χ1v) is 10.6. The molecule has 0 saturated heterocycles. The number of hydrogen-bond acceptors (Lipinski definition) is 6. The summed E-state index contributed by atoms with van der Waals surface area (Å²) in [6, 6.07) is 5.19.